The maximum Gasteiger partial charge on any atom is 0.343 e. The second-order valence-electron chi connectivity index (χ2n) is 8.52. The molecule has 0 saturated carbocycles. The summed E-state index contributed by atoms with van der Waals surface area (Å²) >= 11 is 6.48. The number of hydrogen-bond donors (Lipinski definition) is 2. The van der Waals surface area contributed by atoms with E-state index in [0.717, 1.165) is 40.4 Å². The zero-order valence-corrected chi connectivity index (χ0v) is 17.6. The molecule has 6 rings (SSSR count). The number of nitrogens with two attached hydrogens (primary N) is 1. The highest BCUT2D eigenvalue weighted by atomic mass is 35.5. The fourth-order valence-corrected chi connectivity index (χ4v) is 5.65. The van der Waals surface area contributed by atoms with Gasteiger partial charge < -0.3 is 20.1 Å². The lowest BCUT2D eigenvalue weighted by Crippen LogP contribution is -2.44. The average molecular weight is 438 g/mol. The van der Waals surface area contributed by atoms with Crippen molar-refractivity contribution in [1.82, 2.24) is 9.55 Å². The van der Waals surface area contributed by atoms with Crippen molar-refractivity contribution >= 4 is 28.5 Å². The summed E-state index contributed by atoms with van der Waals surface area (Å²) in [5.74, 6) is -0.722. The molecule has 0 fully saturated rings. The molecule has 3 N–H and O–H groups in total. The van der Waals surface area contributed by atoms with Crippen LogP contribution in [0, 0.1) is 0 Å². The minimum atomic E-state index is -1.83. The Kier molecular flexibility index (Phi) is 3.77. The molecule has 0 bridgehead atoms. The molecule has 1 unspecified atom stereocenters. The van der Waals surface area contributed by atoms with Crippen LogP contribution >= 0.6 is 11.6 Å². The topological polar surface area (TPSA) is 107 Å². The first-order chi connectivity index (χ1) is 14.8. The predicted molar refractivity (Wildman–Crippen MR) is 115 cm³/mol. The van der Waals surface area contributed by atoms with E-state index < -0.39 is 11.6 Å². The Morgan fingerprint density at radius 3 is 2.90 bits per heavy atom. The van der Waals surface area contributed by atoms with Gasteiger partial charge in [-0.3, -0.25) is 4.79 Å². The number of pyridine rings is 2. The second-order valence-corrected chi connectivity index (χ2v) is 8.93. The molecule has 0 radical (unpaired) electrons. The molecule has 31 heavy (non-hydrogen) atoms. The number of halogens is 1. The van der Waals surface area contributed by atoms with Gasteiger partial charge in [-0.25, -0.2) is 9.78 Å². The van der Waals surface area contributed by atoms with E-state index in [0.29, 0.717) is 34.1 Å². The van der Waals surface area contributed by atoms with Gasteiger partial charge in [-0.2, -0.15) is 0 Å². The molecule has 8 heteroatoms. The van der Waals surface area contributed by atoms with E-state index in [1.807, 2.05) is 12.1 Å². The van der Waals surface area contributed by atoms with Crippen molar-refractivity contribution in [2.45, 2.75) is 51.0 Å². The van der Waals surface area contributed by atoms with E-state index in [-0.39, 0.29) is 24.6 Å². The SMILES string of the molecule is CC[C@@]1(O)C(=O)OCc2c1cc1n(c2=O)Cc2c-1nc1ccc(Cl)c3c1c2CCC3N. The van der Waals surface area contributed by atoms with Gasteiger partial charge in [-0.05, 0) is 48.6 Å². The average Bonchev–Trinajstić information content (AvgIpc) is 3.13. The molecule has 0 amide bonds. The lowest BCUT2D eigenvalue weighted by Gasteiger charge is -2.31. The largest absolute Gasteiger partial charge is 0.458 e. The summed E-state index contributed by atoms with van der Waals surface area (Å²) in [6.45, 7) is 1.94. The van der Waals surface area contributed by atoms with Crippen LogP contribution < -0.4 is 11.3 Å². The number of cyclic esters (lactones) is 1. The number of rotatable bonds is 1. The zero-order chi connectivity index (χ0) is 21.7. The van der Waals surface area contributed by atoms with Crippen LogP contribution in [0.5, 0.6) is 0 Å². The maximum absolute atomic E-state index is 13.4. The molecule has 2 atom stereocenters. The Bertz CT molecular complexity index is 1400. The van der Waals surface area contributed by atoms with Crippen molar-refractivity contribution in [3.63, 3.8) is 0 Å². The third kappa shape index (κ3) is 2.28. The normalized spacial score (nSPS) is 23.4. The number of benzene rings is 1. The third-order valence-corrected chi connectivity index (χ3v) is 7.36. The van der Waals surface area contributed by atoms with Crippen LogP contribution in [0.15, 0.2) is 23.0 Å². The smallest absolute Gasteiger partial charge is 0.343 e. The number of carbonyl (C=O) groups is 1. The van der Waals surface area contributed by atoms with Gasteiger partial charge in [0.05, 0.1) is 29.0 Å². The predicted octanol–water partition coefficient (Wildman–Crippen LogP) is 2.68. The molecule has 0 saturated heterocycles. The Morgan fingerprint density at radius 1 is 1.32 bits per heavy atom. The van der Waals surface area contributed by atoms with Crippen molar-refractivity contribution in [3.8, 4) is 11.4 Å². The van der Waals surface area contributed by atoms with Gasteiger partial charge in [-0.1, -0.05) is 18.5 Å². The fraction of sp³-hybridized carbons (Fsp3) is 0.348. The summed E-state index contributed by atoms with van der Waals surface area (Å²) in [7, 11) is 0. The molecule has 1 aliphatic carbocycles. The zero-order valence-electron chi connectivity index (χ0n) is 16.9. The summed E-state index contributed by atoms with van der Waals surface area (Å²) in [4.78, 5) is 30.6. The lowest BCUT2D eigenvalue weighted by molar-refractivity contribution is -0.172. The van der Waals surface area contributed by atoms with Gasteiger partial charge in [-0.15, -0.1) is 0 Å². The second kappa shape index (κ2) is 6.16. The molecule has 158 valence electrons. The van der Waals surface area contributed by atoms with Crippen LogP contribution in [-0.2, 0) is 34.7 Å². The van der Waals surface area contributed by atoms with E-state index in [9.17, 15) is 14.7 Å². The monoisotopic (exact) mass is 437 g/mol. The molecule has 1 aromatic carbocycles. The molecule has 4 heterocycles. The van der Waals surface area contributed by atoms with Gasteiger partial charge in [0.1, 0.15) is 6.61 Å². The summed E-state index contributed by atoms with van der Waals surface area (Å²) in [5.41, 5.74) is 10.0. The minimum absolute atomic E-state index is 0.116. The van der Waals surface area contributed by atoms with E-state index >= 15 is 0 Å². The number of esters is 1. The number of fused-ring (bicyclic) bond motifs is 5. The number of hydrogen-bond acceptors (Lipinski definition) is 6. The Hall–Kier alpha value is -2.74. The minimum Gasteiger partial charge on any atom is -0.458 e. The first-order valence-corrected chi connectivity index (χ1v) is 10.8. The van der Waals surface area contributed by atoms with Gasteiger partial charge in [0.2, 0.25) is 0 Å². The highest BCUT2D eigenvalue weighted by Crippen LogP contribution is 2.45. The van der Waals surface area contributed by atoms with E-state index in [1.165, 1.54) is 0 Å². The third-order valence-electron chi connectivity index (χ3n) is 7.03. The van der Waals surface area contributed by atoms with Gasteiger partial charge in [0.15, 0.2) is 5.60 Å². The van der Waals surface area contributed by atoms with Gasteiger partial charge >= 0.3 is 5.97 Å². The summed E-state index contributed by atoms with van der Waals surface area (Å²) in [6, 6.07) is 5.28. The summed E-state index contributed by atoms with van der Waals surface area (Å²) in [6.07, 6.45) is 1.66. The molecular weight excluding hydrogens is 418 g/mol. The van der Waals surface area contributed by atoms with Gasteiger partial charge in [0.25, 0.3) is 5.56 Å². The number of aromatic nitrogens is 2. The quantitative estimate of drug-likeness (QED) is 0.443. The summed E-state index contributed by atoms with van der Waals surface area (Å²) in [5, 5.41) is 12.6. The van der Waals surface area contributed by atoms with Gasteiger partial charge in [0, 0.05) is 27.6 Å². The van der Waals surface area contributed by atoms with Crippen LogP contribution in [0.3, 0.4) is 0 Å². The molecule has 2 aromatic heterocycles. The van der Waals surface area contributed by atoms with Crippen LogP contribution in [-0.4, -0.2) is 20.6 Å². The standard InChI is InChI=1S/C23H20ClN3O4/c1-2-23(30)13-7-17-20-11(8-27(17)21(28)12(13)9-31-22(23)29)10-3-5-15(25)19-14(24)4-6-16(26-20)18(10)19/h4,6-7,15,30H,2-3,5,8-9,25H2,1H3/t15?,23-/m0/s1. The lowest BCUT2D eigenvalue weighted by atomic mass is 9.84. The first-order valence-electron chi connectivity index (χ1n) is 10.4. The first kappa shape index (κ1) is 19.0. The van der Waals surface area contributed by atoms with E-state index in [1.54, 1.807) is 17.6 Å². The van der Waals surface area contributed by atoms with Crippen LogP contribution in [0.2, 0.25) is 5.02 Å². The Balaban J connectivity index is 1.67. The van der Waals surface area contributed by atoms with Crippen molar-refractivity contribution in [2.24, 2.45) is 5.73 Å². The molecule has 7 nitrogen and oxygen atoms in total. The van der Waals surface area contributed by atoms with E-state index in [4.69, 9.17) is 27.1 Å². The van der Waals surface area contributed by atoms with Crippen molar-refractivity contribution in [2.75, 3.05) is 0 Å². The van der Waals surface area contributed by atoms with Crippen LogP contribution in [0.4, 0.5) is 0 Å². The Morgan fingerprint density at radius 2 is 2.13 bits per heavy atom. The number of nitrogens with zero attached hydrogens (tertiary/aromatic N) is 2. The highest BCUT2D eigenvalue weighted by molar-refractivity contribution is 6.32. The van der Waals surface area contributed by atoms with Crippen molar-refractivity contribution in [3.05, 3.63) is 61.4 Å². The number of aliphatic hydroxyl groups is 1. The number of aryl methyl sites for hydroxylation is 1. The van der Waals surface area contributed by atoms with Crippen LogP contribution in [0.1, 0.15) is 53.6 Å². The molecular formula is C23H20ClN3O4. The van der Waals surface area contributed by atoms with Crippen molar-refractivity contribution in [1.29, 1.82) is 0 Å². The van der Waals surface area contributed by atoms with E-state index in [2.05, 4.69) is 0 Å². The molecule has 3 aliphatic rings. The Labute approximate surface area is 182 Å². The maximum atomic E-state index is 13.4. The molecule has 2 aliphatic heterocycles. The number of ether oxygens (including phenoxy) is 1. The van der Waals surface area contributed by atoms with Crippen molar-refractivity contribution < 1.29 is 14.6 Å². The summed E-state index contributed by atoms with van der Waals surface area (Å²) < 4.78 is 6.80. The molecule has 0 spiro atoms. The fourth-order valence-electron chi connectivity index (χ4n) is 5.35. The molecule has 3 aromatic rings. The van der Waals surface area contributed by atoms with Crippen LogP contribution in [0.25, 0.3) is 22.3 Å². The highest BCUT2D eigenvalue weighted by Gasteiger charge is 2.45. The number of carbonyl (C=O) groups excluding carboxylic acids is 1.